The predicted molar refractivity (Wildman–Crippen MR) is 84.8 cm³/mol. The number of amides is 1. The molecule has 0 aromatic heterocycles. The third-order valence-electron chi connectivity index (χ3n) is 2.87. The second kappa shape index (κ2) is 8.32. The van der Waals surface area contributed by atoms with Crippen LogP contribution in [0.4, 0.5) is 0 Å². The molecule has 6 heteroatoms. The molecule has 0 bridgehead atoms. The topological polar surface area (TPSA) is 57.6 Å². The van der Waals surface area contributed by atoms with Crippen LogP contribution in [0, 0.1) is 0 Å². The van der Waals surface area contributed by atoms with Crippen molar-refractivity contribution in [3.8, 4) is 0 Å². The lowest BCUT2D eigenvalue weighted by Gasteiger charge is -2.25. The number of carbonyl (C=O) groups is 2. The maximum Gasteiger partial charge on any atom is 0.305 e. The maximum atomic E-state index is 12.3. The third-order valence-corrected chi connectivity index (χ3v) is 4.27. The number of carboxylic acids is 1. The van der Waals surface area contributed by atoms with Gasteiger partial charge in [0.15, 0.2) is 0 Å². The molecule has 0 saturated carbocycles. The number of thioether (sulfide) groups is 1. The Hall–Kier alpha value is -1.01. The van der Waals surface area contributed by atoms with Crippen LogP contribution in [0.3, 0.4) is 0 Å². The molecule has 0 fully saturated rings. The van der Waals surface area contributed by atoms with Gasteiger partial charge in [-0.3, -0.25) is 9.59 Å². The largest absolute Gasteiger partial charge is 0.481 e. The number of hydrogen-bond acceptors (Lipinski definition) is 3. The first kappa shape index (κ1) is 17.0. The average molecular weight is 360 g/mol. The molecule has 1 amide bonds. The molecular weight excluding hydrogens is 342 g/mol. The number of rotatable bonds is 7. The molecule has 0 aliphatic carbocycles. The first-order valence-electron chi connectivity index (χ1n) is 6.22. The lowest BCUT2D eigenvalue weighted by Crippen LogP contribution is -2.37. The summed E-state index contributed by atoms with van der Waals surface area (Å²) < 4.78 is 0.943. The first-order chi connectivity index (χ1) is 9.43. The minimum atomic E-state index is -0.895. The van der Waals surface area contributed by atoms with E-state index in [1.54, 1.807) is 4.90 Å². The van der Waals surface area contributed by atoms with Crippen molar-refractivity contribution in [1.82, 2.24) is 4.90 Å². The van der Waals surface area contributed by atoms with Crippen LogP contribution in [0.5, 0.6) is 0 Å². The van der Waals surface area contributed by atoms with Crippen molar-refractivity contribution in [3.63, 3.8) is 0 Å². The molecule has 20 heavy (non-hydrogen) atoms. The molecule has 110 valence electrons. The van der Waals surface area contributed by atoms with Gasteiger partial charge in [-0.05, 0) is 30.9 Å². The van der Waals surface area contributed by atoms with Gasteiger partial charge in [-0.2, -0.15) is 11.8 Å². The second-order valence-electron chi connectivity index (χ2n) is 4.41. The van der Waals surface area contributed by atoms with Crippen LogP contribution in [0.25, 0.3) is 0 Å². The summed E-state index contributed by atoms with van der Waals surface area (Å²) in [6.07, 6.45) is 1.83. The molecule has 1 rings (SSSR count). The number of carboxylic acid groups (broad SMARTS) is 1. The van der Waals surface area contributed by atoms with Crippen molar-refractivity contribution in [1.29, 1.82) is 0 Å². The van der Waals surface area contributed by atoms with Gasteiger partial charge in [0.1, 0.15) is 0 Å². The van der Waals surface area contributed by atoms with E-state index >= 15 is 0 Å². The summed E-state index contributed by atoms with van der Waals surface area (Å²) in [6.45, 7) is 2.49. The molecule has 0 aliphatic rings. The Kier molecular flexibility index (Phi) is 7.09. The van der Waals surface area contributed by atoms with Gasteiger partial charge in [0.05, 0.1) is 11.7 Å². The monoisotopic (exact) mass is 359 g/mol. The number of halogens is 1. The van der Waals surface area contributed by atoms with Crippen LogP contribution in [0.1, 0.15) is 18.9 Å². The normalized spacial score (nSPS) is 11.9. The zero-order chi connectivity index (χ0) is 15.1. The number of carbonyl (C=O) groups excluding carboxylic acids is 1. The van der Waals surface area contributed by atoms with Gasteiger partial charge in [0, 0.05) is 17.6 Å². The Labute approximate surface area is 131 Å². The van der Waals surface area contributed by atoms with Gasteiger partial charge < -0.3 is 10.0 Å². The van der Waals surface area contributed by atoms with Crippen molar-refractivity contribution in [3.05, 3.63) is 34.3 Å². The SMILES string of the molecule is CSC(C)C(=O)N(CCC(=O)O)Cc1cccc(Br)c1. The summed E-state index contributed by atoms with van der Waals surface area (Å²) in [5, 5.41) is 8.63. The highest BCUT2D eigenvalue weighted by Crippen LogP contribution is 2.16. The standard InChI is InChI=1S/C14H18BrNO3S/c1-10(20-2)14(19)16(7-6-13(17)18)9-11-4-3-5-12(15)8-11/h3-5,8,10H,6-7,9H2,1-2H3,(H,17,18). The lowest BCUT2D eigenvalue weighted by molar-refractivity contribution is -0.138. The molecule has 0 heterocycles. The maximum absolute atomic E-state index is 12.3. The molecule has 1 N–H and O–H groups in total. The van der Waals surface area contributed by atoms with E-state index in [4.69, 9.17) is 5.11 Å². The highest BCUT2D eigenvalue weighted by Gasteiger charge is 2.20. The van der Waals surface area contributed by atoms with Gasteiger partial charge in [-0.1, -0.05) is 28.1 Å². The highest BCUT2D eigenvalue weighted by molar-refractivity contribution is 9.10. The van der Waals surface area contributed by atoms with Crippen LogP contribution >= 0.6 is 27.7 Å². The highest BCUT2D eigenvalue weighted by atomic mass is 79.9. The summed E-state index contributed by atoms with van der Waals surface area (Å²) in [7, 11) is 0. The molecule has 0 radical (unpaired) electrons. The van der Waals surface area contributed by atoms with Crippen LogP contribution < -0.4 is 0 Å². The van der Waals surface area contributed by atoms with E-state index in [1.165, 1.54) is 11.8 Å². The Morgan fingerprint density at radius 1 is 1.45 bits per heavy atom. The molecule has 1 unspecified atom stereocenters. The summed E-state index contributed by atoms with van der Waals surface area (Å²) in [5.74, 6) is -0.924. The fourth-order valence-electron chi connectivity index (χ4n) is 1.71. The van der Waals surface area contributed by atoms with E-state index in [0.717, 1.165) is 10.0 Å². The lowest BCUT2D eigenvalue weighted by atomic mass is 10.2. The number of benzene rings is 1. The van der Waals surface area contributed by atoms with Gasteiger partial charge >= 0.3 is 5.97 Å². The van der Waals surface area contributed by atoms with Gasteiger partial charge in [0.25, 0.3) is 0 Å². The van der Waals surface area contributed by atoms with Crippen molar-refractivity contribution >= 4 is 39.6 Å². The molecule has 1 aromatic carbocycles. The van der Waals surface area contributed by atoms with E-state index in [9.17, 15) is 9.59 Å². The Morgan fingerprint density at radius 3 is 2.70 bits per heavy atom. The zero-order valence-corrected chi connectivity index (χ0v) is 13.9. The van der Waals surface area contributed by atoms with Crippen molar-refractivity contribution in [2.24, 2.45) is 0 Å². The number of aliphatic carboxylic acids is 1. The third kappa shape index (κ3) is 5.54. The zero-order valence-electron chi connectivity index (χ0n) is 11.5. The fourth-order valence-corrected chi connectivity index (χ4v) is 2.51. The van der Waals surface area contributed by atoms with E-state index in [1.807, 2.05) is 37.4 Å². The fraction of sp³-hybridized carbons (Fsp3) is 0.429. The van der Waals surface area contributed by atoms with Crippen LogP contribution in [0.2, 0.25) is 0 Å². The number of hydrogen-bond donors (Lipinski definition) is 1. The van der Waals surface area contributed by atoms with Crippen molar-refractivity contribution < 1.29 is 14.7 Å². The molecule has 4 nitrogen and oxygen atoms in total. The van der Waals surface area contributed by atoms with Crippen molar-refractivity contribution in [2.75, 3.05) is 12.8 Å². The van der Waals surface area contributed by atoms with Crippen LogP contribution in [0.15, 0.2) is 28.7 Å². The Bertz CT molecular complexity index is 481. The van der Waals surface area contributed by atoms with Gasteiger partial charge in [-0.25, -0.2) is 0 Å². The quantitative estimate of drug-likeness (QED) is 0.812. The second-order valence-corrected chi connectivity index (χ2v) is 6.51. The molecule has 0 aliphatic heterocycles. The Balaban J connectivity index is 2.81. The molecule has 0 saturated heterocycles. The smallest absolute Gasteiger partial charge is 0.305 e. The van der Waals surface area contributed by atoms with E-state index in [0.29, 0.717) is 6.54 Å². The number of nitrogens with zero attached hydrogens (tertiary/aromatic N) is 1. The summed E-state index contributed by atoms with van der Waals surface area (Å²) in [4.78, 5) is 24.6. The van der Waals surface area contributed by atoms with Gasteiger partial charge in [-0.15, -0.1) is 0 Å². The van der Waals surface area contributed by atoms with E-state index in [-0.39, 0.29) is 24.1 Å². The predicted octanol–water partition coefficient (Wildman–Crippen LogP) is 3.00. The van der Waals surface area contributed by atoms with Gasteiger partial charge in [0.2, 0.25) is 5.91 Å². The van der Waals surface area contributed by atoms with E-state index < -0.39 is 5.97 Å². The van der Waals surface area contributed by atoms with E-state index in [2.05, 4.69) is 15.9 Å². The Morgan fingerprint density at radius 2 is 2.15 bits per heavy atom. The molecular formula is C14H18BrNO3S. The van der Waals surface area contributed by atoms with Crippen molar-refractivity contribution in [2.45, 2.75) is 25.1 Å². The molecule has 1 atom stereocenters. The van der Waals surface area contributed by atoms with Crippen LogP contribution in [-0.4, -0.2) is 39.9 Å². The summed E-state index contributed by atoms with van der Waals surface area (Å²) >= 11 is 4.85. The summed E-state index contributed by atoms with van der Waals surface area (Å²) in [6, 6.07) is 7.68. The first-order valence-corrected chi connectivity index (χ1v) is 8.30. The molecule has 0 spiro atoms. The summed E-state index contributed by atoms with van der Waals surface area (Å²) in [5.41, 5.74) is 0.978. The van der Waals surface area contributed by atoms with Crippen LogP contribution in [-0.2, 0) is 16.1 Å². The minimum absolute atomic E-state index is 0.0290. The average Bonchev–Trinajstić information content (AvgIpc) is 2.41. The minimum Gasteiger partial charge on any atom is -0.481 e. The molecule has 1 aromatic rings.